The van der Waals surface area contributed by atoms with Gasteiger partial charge in [-0.25, -0.2) is 0 Å². The van der Waals surface area contributed by atoms with Crippen molar-refractivity contribution in [1.29, 1.82) is 0 Å². The summed E-state index contributed by atoms with van der Waals surface area (Å²) in [5.41, 5.74) is -0.262. The van der Waals surface area contributed by atoms with Crippen molar-refractivity contribution in [3.63, 3.8) is 0 Å². The lowest BCUT2D eigenvalue weighted by Crippen LogP contribution is -2.50. The Morgan fingerprint density at radius 3 is 2.84 bits per heavy atom. The second-order valence-corrected chi connectivity index (χ2v) is 6.59. The average molecular weight is 267 g/mol. The molecule has 0 bridgehead atoms. The van der Waals surface area contributed by atoms with Crippen molar-refractivity contribution in [3.05, 3.63) is 0 Å². The lowest BCUT2D eigenvalue weighted by molar-refractivity contribution is -0.140. The van der Waals surface area contributed by atoms with Gasteiger partial charge < -0.3 is 10.2 Å². The van der Waals surface area contributed by atoms with Crippen molar-refractivity contribution in [2.24, 2.45) is 5.41 Å². The number of piperidine rings is 1. The first-order valence-corrected chi connectivity index (χ1v) is 7.79. The van der Waals surface area contributed by atoms with Crippen molar-refractivity contribution in [2.75, 3.05) is 39.3 Å². The summed E-state index contributed by atoms with van der Waals surface area (Å²) in [5.74, 6) is 0.319. The topological polar surface area (TPSA) is 35.6 Å². The van der Waals surface area contributed by atoms with E-state index in [1.165, 1.54) is 25.8 Å². The highest BCUT2D eigenvalue weighted by molar-refractivity contribution is 5.82. The van der Waals surface area contributed by atoms with E-state index in [2.05, 4.69) is 35.9 Å². The molecule has 0 aliphatic carbocycles. The number of hydrogen-bond acceptors (Lipinski definition) is 3. The summed E-state index contributed by atoms with van der Waals surface area (Å²) in [7, 11) is 0. The number of nitrogens with zero attached hydrogens (tertiary/aromatic N) is 2. The van der Waals surface area contributed by atoms with E-state index in [0.29, 0.717) is 11.9 Å². The summed E-state index contributed by atoms with van der Waals surface area (Å²) in [6.07, 6.45) is 3.86. The third kappa shape index (κ3) is 3.48. The maximum Gasteiger partial charge on any atom is 0.229 e. The summed E-state index contributed by atoms with van der Waals surface area (Å²) in [5, 5.41) is 3.38. The van der Waals surface area contributed by atoms with Crippen LogP contribution in [-0.4, -0.2) is 61.0 Å². The van der Waals surface area contributed by atoms with Crippen LogP contribution < -0.4 is 5.32 Å². The van der Waals surface area contributed by atoms with Crippen LogP contribution in [0.1, 0.15) is 40.0 Å². The van der Waals surface area contributed by atoms with Gasteiger partial charge in [-0.1, -0.05) is 13.3 Å². The predicted octanol–water partition coefficient (Wildman–Crippen LogP) is 1.32. The number of carbonyl (C=O) groups is 1. The lowest BCUT2D eigenvalue weighted by atomic mass is 9.91. The van der Waals surface area contributed by atoms with Crippen molar-refractivity contribution >= 4 is 5.91 Å². The Labute approximate surface area is 117 Å². The van der Waals surface area contributed by atoms with Gasteiger partial charge in [-0.05, 0) is 39.8 Å². The molecule has 0 spiro atoms. The summed E-state index contributed by atoms with van der Waals surface area (Å²) >= 11 is 0. The van der Waals surface area contributed by atoms with Gasteiger partial charge in [0.1, 0.15) is 0 Å². The Hall–Kier alpha value is -0.610. The van der Waals surface area contributed by atoms with E-state index in [1.54, 1.807) is 0 Å². The molecule has 0 aromatic heterocycles. The zero-order chi connectivity index (χ0) is 13.9. The fraction of sp³-hybridized carbons (Fsp3) is 0.933. The Bertz CT molecular complexity index is 317. The van der Waals surface area contributed by atoms with Crippen LogP contribution in [0.4, 0.5) is 0 Å². The van der Waals surface area contributed by atoms with E-state index >= 15 is 0 Å². The van der Waals surface area contributed by atoms with Gasteiger partial charge in [-0.15, -0.1) is 0 Å². The van der Waals surface area contributed by atoms with Crippen LogP contribution in [0, 0.1) is 5.41 Å². The van der Waals surface area contributed by atoms with Crippen LogP contribution in [0.15, 0.2) is 0 Å². The lowest BCUT2D eigenvalue weighted by Gasteiger charge is -2.39. The van der Waals surface area contributed by atoms with Gasteiger partial charge in [-0.2, -0.15) is 0 Å². The van der Waals surface area contributed by atoms with Crippen LogP contribution in [0.25, 0.3) is 0 Å². The maximum absolute atomic E-state index is 12.6. The molecule has 1 N–H and O–H groups in total. The molecule has 2 saturated heterocycles. The number of hydrogen-bond donors (Lipinski definition) is 1. The number of amides is 1. The molecule has 1 unspecified atom stereocenters. The third-order valence-corrected chi connectivity index (χ3v) is 4.58. The third-order valence-electron chi connectivity index (χ3n) is 4.58. The number of rotatable bonds is 3. The fourth-order valence-corrected chi connectivity index (χ4v) is 3.33. The van der Waals surface area contributed by atoms with E-state index in [4.69, 9.17) is 0 Å². The van der Waals surface area contributed by atoms with Crippen LogP contribution >= 0.6 is 0 Å². The van der Waals surface area contributed by atoms with Gasteiger partial charge in [-0.3, -0.25) is 9.69 Å². The second kappa shape index (κ2) is 6.23. The van der Waals surface area contributed by atoms with Gasteiger partial charge in [0.25, 0.3) is 0 Å². The standard InChI is InChI=1S/C15H29N3O/c1-4-17-9-6-5-7-13(17)11-18-10-8-16-12-15(2,3)14(18)19/h13,16H,4-12H2,1-3H3. The molecule has 110 valence electrons. The molecule has 2 heterocycles. The minimum absolute atomic E-state index is 0.262. The number of likely N-dealkylation sites (N-methyl/N-ethyl adjacent to an activating group) is 1. The molecular formula is C15H29N3O. The Balaban J connectivity index is 2.01. The van der Waals surface area contributed by atoms with Crippen LogP contribution in [-0.2, 0) is 4.79 Å². The molecule has 2 aliphatic heterocycles. The van der Waals surface area contributed by atoms with Crippen molar-refractivity contribution in [2.45, 2.75) is 46.1 Å². The molecule has 1 atom stereocenters. The van der Waals surface area contributed by atoms with Gasteiger partial charge in [0.05, 0.1) is 5.41 Å². The number of carbonyl (C=O) groups excluding carboxylic acids is 1. The van der Waals surface area contributed by atoms with Crippen molar-refractivity contribution in [3.8, 4) is 0 Å². The van der Waals surface area contributed by atoms with Crippen LogP contribution in [0.3, 0.4) is 0 Å². The van der Waals surface area contributed by atoms with Crippen molar-refractivity contribution < 1.29 is 4.79 Å². The van der Waals surface area contributed by atoms with Gasteiger partial charge in [0, 0.05) is 32.2 Å². The largest absolute Gasteiger partial charge is 0.339 e. The molecule has 0 aromatic carbocycles. The normalized spacial score (nSPS) is 29.3. The fourth-order valence-electron chi connectivity index (χ4n) is 3.33. The predicted molar refractivity (Wildman–Crippen MR) is 78.1 cm³/mol. The average Bonchev–Trinajstić information content (AvgIpc) is 2.52. The molecule has 2 rings (SSSR count). The zero-order valence-electron chi connectivity index (χ0n) is 12.7. The Morgan fingerprint density at radius 1 is 1.32 bits per heavy atom. The van der Waals surface area contributed by atoms with Crippen LogP contribution in [0.5, 0.6) is 0 Å². The number of nitrogens with one attached hydrogen (secondary N) is 1. The van der Waals surface area contributed by atoms with E-state index in [9.17, 15) is 4.79 Å². The van der Waals surface area contributed by atoms with Crippen LogP contribution in [0.2, 0.25) is 0 Å². The van der Waals surface area contributed by atoms with Crippen molar-refractivity contribution in [1.82, 2.24) is 15.1 Å². The highest BCUT2D eigenvalue weighted by Crippen LogP contribution is 2.23. The summed E-state index contributed by atoms with van der Waals surface area (Å²) in [4.78, 5) is 17.2. The van der Waals surface area contributed by atoms with E-state index in [0.717, 1.165) is 32.7 Å². The SMILES string of the molecule is CCN1CCCCC1CN1CCNCC(C)(C)C1=O. The molecule has 4 nitrogen and oxygen atoms in total. The quantitative estimate of drug-likeness (QED) is 0.838. The molecule has 2 aliphatic rings. The summed E-state index contributed by atoms with van der Waals surface area (Å²) in [6, 6.07) is 0.566. The first-order valence-electron chi connectivity index (χ1n) is 7.79. The number of likely N-dealkylation sites (tertiary alicyclic amines) is 1. The van der Waals surface area contributed by atoms with Gasteiger partial charge >= 0.3 is 0 Å². The second-order valence-electron chi connectivity index (χ2n) is 6.59. The molecular weight excluding hydrogens is 238 g/mol. The molecule has 2 fully saturated rings. The molecule has 0 radical (unpaired) electrons. The molecule has 0 aromatic rings. The minimum Gasteiger partial charge on any atom is -0.339 e. The molecule has 1 amide bonds. The first kappa shape index (κ1) is 14.8. The highest BCUT2D eigenvalue weighted by Gasteiger charge is 2.35. The molecule has 0 saturated carbocycles. The summed E-state index contributed by atoms with van der Waals surface area (Å²) < 4.78 is 0. The van der Waals surface area contributed by atoms with E-state index < -0.39 is 0 Å². The smallest absolute Gasteiger partial charge is 0.229 e. The maximum atomic E-state index is 12.6. The Morgan fingerprint density at radius 2 is 2.11 bits per heavy atom. The van der Waals surface area contributed by atoms with Gasteiger partial charge in [0.15, 0.2) is 0 Å². The van der Waals surface area contributed by atoms with E-state index in [-0.39, 0.29) is 5.41 Å². The Kier molecular flexibility index (Phi) is 4.85. The molecule has 19 heavy (non-hydrogen) atoms. The first-order chi connectivity index (χ1) is 9.04. The minimum atomic E-state index is -0.262. The zero-order valence-corrected chi connectivity index (χ0v) is 12.7. The summed E-state index contributed by atoms with van der Waals surface area (Å²) in [6.45, 7) is 12.1. The molecule has 4 heteroatoms. The van der Waals surface area contributed by atoms with E-state index in [1.807, 2.05) is 0 Å². The monoisotopic (exact) mass is 267 g/mol. The highest BCUT2D eigenvalue weighted by atomic mass is 16.2. The van der Waals surface area contributed by atoms with Gasteiger partial charge in [0.2, 0.25) is 5.91 Å².